The summed E-state index contributed by atoms with van der Waals surface area (Å²) in [5, 5.41) is 8.88. The maximum atomic E-state index is 14.0. The third-order valence-electron chi connectivity index (χ3n) is 4.29. The normalized spacial score (nSPS) is 12.7. The molecule has 3 rings (SSSR count). The molecule has 1 N–H and O–H groups in total. The lowest BCUT2D eigenvalue weighted by Gasteiger charge is -2.16. The first-order chi connectivity index (χ1) is 13.8. The molecule has 9 heteroatoms. The summed E-state index contributed by atoms with van der Waals surface area (Å²) in [7, 11) is -3.76. The summed E-state index contributed by atoms with van der Waals surface area (Å²) in [4.78, 5) is 12.6. The van der Waals surface area contributed by atoms with E-state index >= 15 is 0 Å². The molecular weight excluding hydrogens is 397 g/mol. The van der Waals surface area contributed by atoms with Crippen LogP contribution in [0.15, 0.2) is 64.2 Å². The zero-order valence-corrected chi connectivity index (χ0v) is 16.7. The van der Waals surface area contributed by atoms with Gasteiger partial charge >= 0.3 is 5.22 Å². The molecule has 0 spiro atoms. The minimum atomic E-state index is -3.76. The van der Waals surface area contributed by atoms with Crippen molar-refractivity contribution in [2.24, 2.45) is 0 Å². The van der Waals surface area contributed by atoms with Gasteiger partial charge in [0.2, 0.25) is 15.7 Å². The summed E-state index contributed by atoms with van der Waals surface area (Å²) in [5.74, 6) is -1.41. The second-order valence-electron chi connectivity index (χ2n) is 6.70. The van der Waals surface area contributed by atoms with Gasteiger partial charge in [-0.05, 0) is 31.5 Å². The van der Waals surface area contributed by atoms with Gasteiger partial charge < -0.3 is 9.73 Å². The highest BCUT2D eigenvalue weighted by molar-refractivity contribution is 7.91. The predicted octanol–water partition coefficient (Wildman–Crippen LogP) is 3.10. The molecule has 0 radical (unpaired) electrons. The van der Waals surface area contributed by atoms with Gasteiger partial charge in [-0.15, -0.1) is 5.10 Å². The SMILES string of the molecule is CC(C)S(=O)(=O)c1nnc([C@H](Cc2ccccc2)NC(=O)c2ccccc2F)o1. The van der Waals surface area contributed by atoms with Crippen molar-refractivity contribution in [2.45, 2.75) is 36.8 Å². The van der Waals surface area contributed by atoms with Crippen LogP contribution in [0.25, 0.3) is 0 Å². The Balaban J connectivity index is 1.93. The maximum absolute atomic E-state index is 14.0. The quantitative estimate of drug-likeness (QED) is 0.634. The van der Waals surface area contributed by atoms with Crippen LogP contribution in [0.2, 0.25) is 0 Å². The molecule has 0 aliphatic heterocycles. The van der Waals surface area contributed by atoms with Crippen LogP contribution < -0.4 is 5.32 Å². The van der Waals surface area contributed by atoms with Crippen molar-refractivity contribution in [3.63, 3.8) is 0 Å². The first kappa shape index (κ1) is 20.7. The van der Waals surface area contributed by atoms with E-state index in [0.717, 1.165) is 5.56 Å². The Labute approximate surface area is 167 Å². The Hall–Kier alpha value is -3.07. The van der Waals surface area contributed by atoms with Gasteiger partial charge in [0, 0.05) is 6.42 Å². The molecule has 0 aliphatic carbocycles. The molecule has 1 aromatic heterocycles. The number of aromatic nitrogens is 2. The highest BCUT2D eigenvalue weighted by Gasteiger charge is 2.29. The van der Waals surface area contributed by atoms with Crippen molar-refractivity contribution in [1.82, 2.24) is 15.5 Å². The maximum Gasteiger partial charge on any atom is 0.335 e. The standard InChI is InChI=1S/C20H20FN3O4S/c1-13(2)29(26,27)20-24-23-19(28-20)17(12-14-8-4-3-5-9-14)22-18(25)15-10-6-7-11-16(15)21/h3-11,13,17H,12H2,1-2H3,(H,22,25)/t17-/m0/s1. The van der Waals surface area contributed by atoms with Gasteiger partial charge in [-0.3, -0.25) is 4.79 Å². The summed E-state index contributed by atoms with van der Waals surface area (Å²) in [6.07, 6.45) is 0.254. The Morgan fingerprint density at radius 1 is 1.07 bits per heavy atom. The first-order valence-corrected chi connectivity index (χ1v) is 10.5. The predicted molar refractivity (Wildman–Crippen MR) is 103 cm³/mol. The number of halogens is 1. The molecule has 152 valence electrons. The number of carbonyl (C=O) groups is 1. The van der Waals surface area contributed by atoms with E-state index in [1.54, 1.807) is 6.07 Å². The number of nitrogens with zero attached hydrogens (tertiary/aromatic N) is 2. The van der Waals surface area contributed by atoms with Crippen molar-refractivity contribution >= 4 is 15.7 Å². The summed E-state index contributed by atoms with van der Waals surface area (Å²) in [5.41, 5.74) is 0.706. The molecule has 7 nitrogen and oxygen atoms in total. The number of sulfone groups is 1. The van der Waals surface area contributed by atoms with E-state index in [0.29, 0.717) is 0 Å². The van der Waals surface area contributed by atoms with Crippen molar-refractivity contribution in [1.29, 1.82) is 0 Å². The van der Waals surface area contributed by atoms with Crippen LogP contribution in [-0.4, -0.2) is 29.8 Å². The van der Waals surface area contributed by atoms with E-state index in [4.69, 9.17) is 4.42 Å². The first-order valence-electron chi connectivity index (χ1n) is 8.95. The van der Waals surface area contributed by atoms with Crippen LogP contribution in [0.3, 0.4) is 0 Å². The molecule has 1 amide bonds. The number of hydrogen-bond acceptors (Lipinski definition) is 6. The molecule has 0 bridgehead atoms. The Kier molecular flexibility index (Phi) is 6.07. The minimum absolute atomic E-state index is 0.0715. The summed E-state index contributed by atoms with van der Waals surface area (Å²) in [6.45, 7) is 3.00. The molecule has 1 atom stereocenters. The largest absolute Gasteiger partial charge is 0.410 e. The smallest absolute Gasteiger partial charge is 0.335 e. The van der Waals surface area contributed by atoms with E-state index in [1.807, 2.05) is 30.3 Å². The fourth-order valence-corrected chi connectivity index (χ4v) is 3.37. The second kappa shape index (κ2) is 8.52. The average molecular weight is 417 g/mol. The molecule has 1 heterocycles. The number of rotatable bonds is 7. The lowest BCUT2D eigenvalue weighted by molar-refractivity contribution is 0.0925. The monoisotopic (exact) mass is 417 g/mol. The third-order valence-corrected chi connectivity index (χ3v) is 6.18. The van der Waals surface area contributed by atoms with Crippen molar-refractivity contribution in [2.75, 3.05) is 0 Å². The third kappa shape index (κ3) is 4.68. The number of benzene rings is 2. The highest BCUT2D eigenvalue weighted by Crippen LogP contribution is 2.22. The van der Waals surface area contributed by atoms with Crippen LogP contribution in [0.1, 0.15) is 41.7 Å². The zero-order valence-electron chi connectivity index (χ0n) is 15.9. The van der Waals surface area contributed by atoms with Crippen LogP contribution in [0.5, 0.6) is 0 Å². The summed E-state index contributed by atoms with van der Waals surface area (Å²) < 4.78 is 43.9. The lowest BCUT2D eigenvalue weighted by Crippen LogP contribution is -2.31. The molecule has 0 aliphatic rings. The molecule has 2 aromatic carbocycles. The van der Waals surface area contributed by atoms with Crippen molar-refractivity contribution < 1.29 is 22.0 Å². The van der Waals surface area contributed by atoms with Gasteiger partial charge in [0.25, 0.3) is 5.91 Å². The zero-order chi connectivity index (χ0) is 21.0. The average Bonchev–Trinajstić information content (AvgIpc) is 3.19. The number of nitrogens with one attached hydrogen (secondary N) is 1. The molecule has 0 fully saturated rings. The summed E-state index contributed by atoms with van der Waals surface area (Å²) >= 11 is 0. The fraction of sp³-hybridized carbons (Fsp3) is 0.250. The lowest BCUT2D eigenvalue weighted by atomic mass is 10.1. The van der Waals surface area contributed by atoms with Crippen molar-refractivity contribution in [3.05, 3.63) is 77.4 Å². The fourth-order valence-electron chi connectivity index (χ4n) is 2.61. The van der Waals surface area contributed by atoms with E-state index in [-0.39, 0.29) is 17.9 Å². The van der Waals surface area contributed by atoms with Gasteiger partial charge in [-0.25, -0.2) is 12.8 Å². The minimum Gasteiger partial charge on any atom is -0.410 e. The number of amides is 1. The van der Waals surface area contributed by atoms with E-state index in [9.17, 15) is 17.6 Å². The molecule has 0 saturated carbocycles. The second-order valence-corrected chi connectivity index (χ2v) is 9.08. The molecule has 3 aromatic rings. The van der Waals surface area contributed by atoms with Gasteiger partial charge in [-0.2, -0.15) is 0 Å². The Morgan fingerprint density at radius 2 is 1.72 bits per heavy atom. The topological polar surface area (TPSA) is 102 Å². The van der Waals surface area contributed by atoms with Crippen LogP contribution in [0.4, 0.5) is 4.39 Å². The number of hydrogen-bond donors (Lipinski definition) is 1. The van der Waals surface area contributed by atoms with Gasteiger partial charge in [0.1, 0.15) is 11.9 Å². The molecular formula is C20H20FN3O4S. The van der Waals surface area contributed by atoms with Crippen LogP contribution >= 0.6 is 0 Å². The van der Waals surface area contributed by atoms with Crippen molar-refractivity contribution in [3.8, 4) is 0 Å². The Morgan fingerprint density at radius 3 is 2.38 bits per heavy atom. The summed E-state index contributed by atoms with van der Waals surface area (Å²) in [6, 6.07) is 13.9. The number of carbonyl (C=O) groups excluding carboxylic acids is 1. The van der Waals surface area contributed by atoms with Crippen LogP contribution in [0, 0.1) is 5.82 Å². The van der Waals surface area contributed by atoms with E-state index < -0.39 is 38.1 Å². The van der Waals surface area contributed by atoms with Crippen LogP contribution in [-0.2, 0) is 16.3 Å². The molecule has 0 unspecified atom stereocenters. The molecule has 29 heavy (non-hydrogen) atoms. The Bertz CT molecular complexity index is 1100. The highest BCUT2D eigenvalue weighted by atomic mass is 32.2. The van der Waals surface area contributed by atoms with Gasteiger partial charge in [0.15, 0.2) is 0 Å². The van der Waals surface area contributed by atoms with Gasteiger partial charge in [-0.1, -0.05) is 47.6 Å². The molecule has 0 saturated heterocycles. The van der Waals surface area contributed by atoms with Gasteiger partial charge in [0.05, 0.1) is 10.8 Å². The van der Waals surface area contributed by atoms with E-state index in [2.05, 4.69) is 15.5 Å². The van der Waals surface area contributed by atoms with E-state index in [1.165, 1.54) is 32.0 Å².